The molecule has 8 nitrogen and oxygen atoms in total. The van der Waals surface area contributed by atoms with Crippen molar-refractivity contribution < 1.29 is 9.90 Å². The molecular weight excluding hydrogens is 176 g/mol. The Morgan fingerprint density at radius 1 is 1.62 bits per heavy atom. The minimum atomic E-state index is -0.949. The van der Waals surface area contributed by atoms with Crippen molar-refractivity contribution in [2.75, 3.05) is 13.1 Å². The lowest BCUT2D eigenvalue weighted by Gasteiger charge is -2.07. The predicted octanol–water partition coefficient (Wildman–Crippen LogP) is -1.21. The molecule has 1 aliphatic rings. The second-order valence-electron chi connectivity index (χ2n) is 2.13. The number of nitrogens with one attached hydrogen (secondary N) is 3. The smallest absolute Gasteiger partial charge is 0.422 e. The monoisotopic (exact) mass is 186 g/mol. The summed E-state index contributed by atoms with van der Waals surface area (Å²) < 4.78 is 0. The van der Waals surface area contributed by atoms with Crippen molar-refractivity contribution in [2.45, 2.75) is 0 Å². The fourth-order valence-electron chi connectivity index (χ4n) is 0.685. The van der Waals surface area contributed by atoms with Crippen molar-refractivity contribution in [1.29, 1.82) is 0 Å². The summed E-state index contributed by atoms with van der Waals surface area (Å²) in [5.41, 5.74) is 5.09. The maximum absolute atomic E-state index is 10.0. The topological polar surface area (TPSA) is 106 Å². The van der Waals surface area contributed by atoms with E-state index < -0.39 is 6.09 Å². The Morgan fingerprint density at radius 2 is 2.46 bits per heavy atom. The Morgan fingerprint density at radius 3 is 2.69 bits per heavy atom. The summed E-state index contributed by atoms with van der Waals surface area (Å²) >= 11 is 0. The Balaban J connectivity index is 0.000000145. The van der Waals surface area contributed by atoms with Gasteiger partial charge in [0.2, 0.25) is 0 Å². The molecule has 1 saturated heterocycles. The summed E-state index contributed by atoms with van der Waals surface area (Å²) in [6, 6.07) is 0. The van der Waals surface area contributed by atoms with E-state index >= 15 is 0 Å². The molecule has 8 heteroatoms. The van der Waals surface area contributed by atoms with Gasteiger partial charge in [-0.15, -0.1) is 5.10 Å². The van der Waals surface area contributed by atoms with Gasteiger partial charge in [-0.2, -0.15) is 5.53 Å². The number of aromatic amines is 1. The molecule has 1 aliphatic heterocycles. The third kappa shape index (κ3) is 3.49. The molecule has 0 aliphatic carbocycles. The summed E-state index contributed by atoms with van der Waals surface area (Å²) in [4.78, 5) is 10.0. The molecule has 0 atom stereocenters. The number of hydrogen-bond acceptors (Lipinski definition) is 5. The van der Waals surface area contributed by atoms with Crippen molar-refractivity contribution in [3.63, 3.8) is 0 Å². The first kappa shape index (κ1) is 9.42. The van der Waals surface area contributed by atoms with Crippen LogP contribution in [0.25, 0.3) is 0 Å². The van der Waals surface area contributed by atoms with E-state index in [1.807, 2.05) is 0 Å². The van der Waals surface area contributed by atoms with E-state index in [0.717, 1.165) is 5.01 Å². The average molecular weight is 186 g/mol. The van der Waals surface area contributed by atoms with Gasteiger partial charge >= 0.3 is 6.09 Å². The number of hydrazine groups is 2. The molecule has 1 amide bonds. The fraction of sp³-hybridized carbons (Fsp3) is 0.400. The molecule has 1 aromatic heterocycles. The van der Waals surface area contributed by atoms with Crippen LogP contribution in [0.3, 0.4) is 0 Å². The molecule has 2 rings (SSSR count). The van der Waals surface area contributed by atoms with E-state index in [4.69, 9.17) is 5.11 Å². The molecule has 72 valence electrons. The lowest BCUT2D eigenvalue weighted by atomic mass is 10.7. The summed E-state index contributed by atoms with van der Waals surface area (Å²) in [7, 11) is 0. The first-order chi connectivity index (χ1) is 6.30. The average Bonchev–Trinajstić information content (AvgIpc) is 2.82. The van der Waals surface area contributed by atoms with Crippen molar-refractivity contribution in [1.82, 2.24) is 31.4 Å². The van der Waals surface area contributed by atoms with Crippen LogP contribution in [0.5, 0.6) is 0 Å². The van der Waals surface area contributed by atoms with Gasteiger partial charge in [-0.3, -0.25) is 5.10 Å². The zero-order valence-electron chi connectivity index (χ0n) is 6.77. The second kappa shape index (κ2) is 5.06. The molecular formula is C5H10N6O2. The highest BCUT2D eigenvalue weighted by Gasteiger charge is 2.14. The van der Waals surface area contributed by atoms with Gasteiger partial charge in [-0.05, 0) is 0 Å². The van der Waals surface area contributed by atoms with Crippen molar-refractivity contribution in [3.05, 3.63) is 12.4 Å². The van der Waals surface area contributed by atoms with Gasteiger partial charge in [-0.25, -0.2) is 15.2 Å². The number of nitrogens with zero attached hydrogens (tertiary/aromatic N) is 3. The van der Waals surface area contributed by atoms with Gasteiger partial charge in [0.15, 0.2) is 0 Å². The first-order valence-electron chi connectivity index (χ1n) is 3.60. The van der Waals surface area contributed by atoms with E-state index in [2.05, 4.69) is 26.4 Å². The van der Waals surface area contributed by atoms with Crippen molar-refractivity contribution >= 4 is 6.09 Å². The van der Waals surface area contributed by atoms with E-state index in [-0.39, 0.29) is 0 Å². The zero-order valence-corrected chi connectivity index (χ0v) is 6.77. The third-order valence-electron chi connectivity index (χ3n) is 1.24. The van der Waals surface area contributed by atoms with Crippen molar-refractivity contribution in [2.24, 2.45) is 0 Å². The molecule has 13 heavy (non-hydrogen) atoms. The fourth-order valence-corrected chi connectivity index (χ4v) is 0.685. The SMILES string of the molecule is O=C(O)N1CCNN1.c1c[nH]nn1. The number of carbonyl (C=O) groups is 1. The van der Waals surface area contributed by atoms with Crippen molar-refractivity contribution in [3.8, 4) is 0 Å². The lowest BCUT2D eigenvalue weighted by Crippen LogP contribution is -2.39. The lowest BCUT2D eigenvalue weighted by molar-refractivity contribution is 0.134. The number of carboxylic acid groups (broad SMARTS) is 1. The van der Waals surface area contributed by atoms with Crippen LogP contribution < -0.4 is 11.0 Å². The van der Waals surface area contributed by atoms with Gasteiger partial charge in [0.1, 0.15) is 0 Å². The van der Waals surface area contributed by atoms with Crippen LogP contribution in [-0.2, 0) is 0 Å². The predicted molar refractivity (Wildman–Crippen MR) is 42.3 cm³/mol. The molecule has 2 heterocycles. The van der Waals surface area contributed by atoms with Gasteiger partial charge in [0.05, 0.1) is 12.7 Å². The van der Waals surface area contributed by atoms with Gasteiger partial charge in [0, 0.05) is 12.7 Å². The Kier molecular flexibility index (Phi) is 3.67. The van der Waals surface area contributed by atoms with E-state index in [1.165, 1.54) is 0 Å². The van der Waals surface area contributed by atoms with Crippen LogP contribution in [-0.4, -0.2) is 44.7 Å². The Hall–Kier alpha value is -1.67. The summed E-state index contributed by atoms with van der Waals surface area (Å²) in [5.74, 6) is 0. The summed E-state index contributed by atoms with van der Waals surface area (Å²) in [5, 5.41) is 18.6. The Labute approximate surface area is 73.9 Å². The first-order valence-corrected chi connectivity index (χ1v) is 3.60. The number of H-pyrrole nitrogens is 1. The maximum atomic E-state index is 10.0. The van der Waals surface area contributed by atoms with Crippen LogP contribution in [0.4, 0.5) is 4.79 Å². The highest BCUT2D eigenvalue weighted by atomic mass is 16.4. The highest BCUT2D eigenvalue weighted by molar-refractivity contribution is 5.64. The second-order valence-corrected chi connectivity index (χ2v) is 2.13. The standard InChI is InChI=1S/C3H7N3O2.C2H3N3/c7-3(8)6-2-1-4-5-6;1-2-4-5-3-1/h4-5H,1-2H2,(H,7,8);1-2H,(H,3,4,5). The molecule has 4 N–H and O–H groups in total. The van der Waals surface area contributed by atoms with E-state index in [1.54, 1.807) is 12.4 Å². The molecule has 1 fully saturated rings. The number of rotatable bonds is 0. The number of amides is 1. The Bertz CT molecular complexity index is 214. The summed E-state index contributed by atoms with van der Waals surface area (Å²) in [6.45, 7) is 1.18. The van der Waals surface area contributed by atoms with Crippen LogP contribution in [0.15, 0.2) is 12.4 Å². The molecule has 1 aromatic rings. The maximum Gasteiger partial charge on any atom is 0.422 e. The quantitative estimate of drug-likeness (QED) is 0.405. The van der Waals surface area contributed by atoms with Crippen LogP contribution in [0.1, 0.15) is 0 Å². The summed E-state index contributed by atoms with van der Waals surface area (Å²) in [6.07, 6.45) is 2.29. The molecule has 0 spiro atoms. The number of hydrogen-bond donors (Lipinski definition) is 4. The van der Waals surface area contributed by atoms with E-state index in [9.17, 15) is 4.79 Å². The van der Waals surface area contributed by atoms with Gasteiger partial charge < -0.3 is 5.11 Å². The molecule has 0 radical (unpaired) electrons. The molecule has 0 aromatic carbocycles. The highest BCUT2D eigenvalue weighted by Crippen LogP contribution is 1.84. The van der Waals surface area contributed by atoms with E-state index in [0.29, 0.717) is 13.1 Å². The molecule has 0 bridgehead atoms. The third-order valence-corrected chi connectivity index (χ3v) is 1.24. The minimum Gasteiger partial charge on any atom is -0.464 e. The largest absolute Gasteiger partial charge is 0.464 e. The van der Waals surface area contributed by atoms with Crippen LogP contribution in [0, 0.1) is 0 Å². The minimum absolute atomic E-state index is 0.509. The zero-order chi connectivity index (χ0) is 9.52. The van der Waals surface area contributed by atoms with Crippen LogP contribution >= 0.6 is 0 Å². The van der Waals surface area contributed by atoms with Gasteiger partial charge in [0.25, 0.3) is 0 Å². The number of aromatic nitrogens is 3. The van der Waals surface area contributed by atoms with Gasteiger partial charge in [-0.1, -0.05) is 5.21 Å². The normalized spacial score (nSPS) is 14.9. The molecule has 0 unspecified atom stereocenters. The van der Waals surface area contributed by atoms with Crippen LogP contribution in [0.2, 0.25) is 0 Å². The molecule has 0 saturated carbocycles.